The molecule has 0 aliphatic heterocycles. The van der Waals surface area contributed by atoms with E-state index in [0.29, 0.717) is 22.1 Å². The Balaban J connectivity index is 2.03. The van der Waals surface area contributed by atoms with E-state index in [9.17, 15) is 9.59 Å². The summed E-state index contributed by atoms with van der Waals surface area (Å²) in [6.45, 7) is 0.253. The molecule has 1 amide bonds. The van der Waals surface area contributed by atoms with E-state index in [0.717, 1.165) is 11.3 Å². The van der Waals surface area contributed by atoms with E-state index in [-0.39, 0.29) is 17.3 Å². The van der Waals surface area contributed by atoms with Crippen molar-refractivity contribution in [1.82, 2.24) is 15.3 Å². The van der Waals surface area contributed by atoms with Crippen LogP contribution in [0.3, 0.4) is 0 Å². The lowest BCUT2D eigenvalue weighted by atomic mass is 10.2. The number of hydrogen-bond donors (Lipinski definition) is 3. The van der Waals surface area contributed by atoms with E-state index >= 15 is 0 Å². The molecule has 6 nitrogen and oxygen atoms in total. The summed E-state index contributed by atoms with van der Waals surface area (Å²) < 4.78 is 0. The standard InChI is InChI=1S/C11H11ClN4O2S/c1-13-9-8(12)2-6(3-14-9)10(17)15-4-7-5-19-11(18)16-7/h2-3,5H,4H2,1H3,(H,13,14)(H,15,17)(H,16,18). The average molecular weight is 299 g/mol. The Morgan fingerprint density at radius 2 is 2.37 bits per heavy atom. The first-order valence-corrected chi connectivity index (χ1v) is 6.64. The van der Waals surface area contributed by atoms with Gasteiger partial charge in [-0.05, 0) is 6.07 Å². The fourth-order valence-corrected chi connectivity index (χ4v) is 2.27. The van der Waals surface area contributed by atoms with E-state index in [2.05, 4.69) is 20.6 Å². The maximum absolute atomic E-state index is 11.9. The quantitative estimate of drug-likeness (QED) is 0.797. The van der Waals surface area contributed by atoms with Crippen LogP contribution >= 0.6 is 22.9 Å². The van der Waals surface area contributed by atoms with E-state index in [4.69, 9.17) is 11.6 Å². The van der Waals surface area contributed by atoms with Crippen LogP contribution in [-0.4, -0.2) is 22.9 Å². The number of aromatic nitrogens is 2. The van der Waals surface area contributed by atoms with Crippen molar-refractivity contribution in [1.29, 1.82) is 0 Å². The minimum Gasteiger partial charge on any atom is -0.372 e. The molecule has 0 bridgehead atoms. The summed E-state index contributed by atoms with van der Waals surface area (Å²) in [5.41, 5.74) is 1.02. The van der Waals surface area contributed by atoms with Crippen molar-refractivity contribution in [3.63, 3.8) is 0 Å². The zero-order chi connectivity index (χ0) is 13.8. The predicted molar refractivity (Wildman–Crippen MR) is 74.9 cm³/mol. The van der Waals surface area contributed by atoms with Crippen molar-refractivity contribution < 1.29 is 4.79 Å². The second-order valence-corrected chi connectivity index (χ2v) is 4.91. The van der Waals surface area contributed by atoms with E-state index in [1.165, 1.54) is 12.3 Å². The highest BCUT2D eigenvalue weighted by Gasteiger charge is 2.09. The SMILES string of the molecule is CNc1ncc(C(=O)NCc2csc(=O)[nH]2)cc1Cl. The number of aromatic amines is 1. The molecule has 0 saturated heterocycles. The number of carbonyl (C=O) groups excluding carboxylic acids is 1. The van der Waals surface area contributed by atoms with Gasteiger partial charge in [0.15, 0.2) is 0 Å². The lowest BCUT2D eigenvalue weighted by Crippen LogP contribution is -2.23. The number of rotatable bonds is 4. The van der Waals surface area contributed by atoms with Gasteiger partial charge < -0.3 is 15.6 Å². The largest absolute Gasteiger partial charge is 0.372 e. The third-order valence-electron chi connectivity index (χ3n) is 2.35. The molecule has 0 spiro atoms. The Labute approximate surface area is 117 Å². The number of hydrogen-bond acceptors (Lipinski definition) is 5. The third-order valence-corrected chi connectivity index (χ3v) is 3.36. The monoisotopic (exact) mass is 298 g/mol. The lowest BCUT2D eigenvalue weighted by Gasteiger charge is -2.06. The molecule has 2 aromatic heterocycles. The van der Waals surface area contributed by atoms with Gasteiger partial charge in [0, 0.05) is 24.3 Å². The van der Waals surface area contributed by atoms with Gasteiger partial charge in [0.25, 0.3) is 5.91 Å². The Bertz CT molecular complexity index is 652. The zero-order valence-electron chi connectivity index (χ0n) is 9.99. The zero-order valence-corrected chi connectivity index (χ0v) is 11.6. The van der Waals surface area contributed by atoms with Crippen LogP contribution in [0.5, 0.6) is 0 Å². The molecule has 0 aromatic carbocycles. The molecule has 0 aliphatic rings. The van der Waals surface area contributed by atoms with E-state index in [1.807, 2.05) is 0 Å². The summed E-state index contributed by atoms with van der Waals surface area (Å²) >= 11 is 7.00. The van der Waals surface area contributed by atoms with Gasteiger partial charge >= 0.3 is 4.87 Å². The maximum Gasteiger partial charge on any atom is 0.304 e. The molecule has 0 aliphatic carbocycles. The molecule has 0 unspecified atom stereocenters. The van der Waals surface area contributed by atoms with Crippen molar-refractivity contribution >= 4 is 34.7 Å². The van der Waals surface area contributed by atoms with Crippen LogP contribution in [0.15, 0.2) is 22.4 Å². The summed E-state index contributed by atoms with van der Waals surface area (Å²) in [6, 6.07) is 1.53. The van der Waals surface area contributed by atoms with Gasteiger partial charge in [-0.15, -0.1) is 0 Å². The molecule has 100 valence electrons. The van der Waals surface area contributed by atoms with Crippen LogP contribution in [0.4, 0.5) is 5.82 Å². The summed E-state index contributed by atoms with van der Waals surface area (Å²) in [5, 5.41) is 7.52. The topological polar surface area (TPSA) is 86.9 Å². The molecule has 0 radical (unpaired) electrons. The van der Waals surface area contributed by atoms with Crippen LogP contribution in [0.1, 0.15) is 16.1 Å². The molecule has 2 rings (SSSR count). The molecule has 8 heteroatoms. The average Bonchev–Trinajstić information content (AvgIpc) is 2.81. The number of amides is 1. The van der Waals surface area contributed by atoms with Gasteiger partial charge in [-0.2, -0.15) is 0 Å². The fraction of sp³-hybridized carbons (Fsp3) is 0.182. The minimum absolute atomic E-state index is 0.146. The van der Waals surface area contributed by atoms with Gasteiger partial charge in [-0.25, -0.2) is 4.98 Å². The maximum atomic E-state index is 11.9. The number of carbonyl (C=O) groups is 1. The highest BCUT2D eigenvalue weighted by atomic mass is 35.5. The minimum atomic E-state index is -0.302. The second-order valence-electron chi connectivity index (χ2n) is 3.66. The van der Waals surface area contributed by atoms with E-state index < -0.39 is 0 Å². The summed E-state index contributed by atoms with van der Waals surface area (Å²) in [5.74, 6) is 0.212. The Morgan fingerprint density at radius 1 is 1.58 bits per heavy atom. The molecule has 19 heavy (non-hydrogen) atoms. The van der Waals surface area contributed by atoms with Gasteiger partial charge in [0.2, 0.25) is 0 Å². The van der Waals surface area contributed by atoms with Crippen LogP contribution < -0.4 is 15.5 Å². The Kier molecular flexibility index (Phi) is 4.18. The van der Waals surface area contributed by atoms with Crippen molar-refractivity contribution in [2.24, 2.45) is 0 Å². The lowest BCUT2D eigenvalue weighted by molar-refractivity contribution is 0.0950. The first-order chi connectivity index (χ1) is 9.10. The van der Waals surface area contributed by atoms with Crippen molar-refractivity contribution in [2.45, 2.75) is 6.54 Å². The molecule has 0 fully saturated rings. The Morgan fingerprint density at radius 3 is 2.95 bits per heavy atom. The number of thiazole rings is 1. The van der Waals surface area contributed by atoms with Crippen molar-refractivity contribution in [3.8, 4) is 0 Å². The number of pyridine rings is 1. The van der Waals surface area contributed by atoms with Crippen LogP contribution in [0, 0.1) is 0 Å². The number of H-pyrrole nitrogens is 1. The molecule has 0 atom stereocenters. The first-order valence-electron chi connectivity index (χ1n) is 5.38. The van der Waals surface area contributed by atoms with Gasteiger partial charge in [0.1, 0.15) is 5.82 Å². The van der Waals surface area contributed by atoms with E-state index in [1.54, 1.807) is 12.4 Å². The van der Waals surface area contributed by atoms with Gasteiger partial charge in [-0.3, -0.25) is 9.59 Å². The van der Waals surface area contributed by atoms with Crippen molar-refractivity contribution in [3.05, 3.63) is 43.6 Å². The van der Waals surface area contributed by atoms with Crippen LogP contribution in [0.2, 0.25) is 5.02 Å². The number of nitrogens with zero attached hydrogens (tertiary/aromatic N) is 1. The number of halogens is 1. The fourth-order valence-electron chi connectivity index (χ4n) is 1.42. The van der Waals surface area contributed by atoms with Gasteiger partial charge in [0.05, 0.1) is 17.1 Å². The Hall–Kier alpha value is -1.86. The number of nitrogens with one attached hydrogen (secondary N) is 3. The molecule has 0 saturated carbocycles. The summed E-state index contributed by atoms with van der Waals surface area (Å²) in [7, 11) is 1.70. The summed E-state index contributed by atoms with van der Waals surface area (Å²) in [4.78, 5) is 29.3. The van der Waals surface area contributed by atoms with Gasteiger partial charge in [-0.1, -0.05) is 22.9 Å². The van der Waals surface area contributed by atoms with Crippen molar-refractivity contribution in [2.75, 3.05) is 12.4 Å². The van der Waals surface area contributed by atoms with Crippen LogP contribution in [-0.2, 0) is 6.54 Å². The smallest absolute Gasteiger partial charge is 0.304 e. The van der Waals surface area contributed by atoms with Crippen LogP contribution in [0.25, 0.3) is 0 Å². The highest BCUT2D eigenvalue weighted by Crippen LogP contribution is 2.19. The normalized spacial score (nSPS) is 10.2. The predicted octanol–water partition coefficient (Wildman–Crippen LogP) is 1.46. The molecule has 2 aromatic rings. The number of anilines is 1. The third kappa shape index (κ3) is 3.33. The molecule has 3 N–H and O–H groups in total. The molecular formula is C11H11ClN4O2S. The molecular weight excluding hydrogens is 288 g/mol. The summed E-state index contributed by atoms with van der Waals surface area (Å²) in [6.07, 6.45) is 1.43. The molecule has 2 heterocycles. The second kappa shape index (κ2) is 5.85. The first kappa shape index (κ1) is 13.6. The highest BCUT2D eigenvalue weighted by molar-refractivity contribution is 7.07.